The summed E-state index contributed by atoms with van der Waals surface area (Å²) in [6.45, 7) is 5.33. The van der Waals surface area contributed by atoms with Crippen LogP contribution in [0.4, 0.5) is 0 Å². The van der Waals surface area contributed by atoms with Crippen molar-refractivity contribution in [1.29, 1.82) is 0 Å². The van der Waals surface area contributed by atoms with Crippen LogP contribution in [0.15, 0.2) is 0 Å². The van der Waals surface area contributed by atoms with Crippen LogP contribution in [0, 0.1) is 11.8 Å². The largest absolute Gasteiger partial charge is 0.465 e. The molecule has 1 aliphatic rings. The van der Waals surface area contributed by atoms with E-state index in [-0.39, 0.29) is 23.8 Å². The summed E-state index contributed by atoms with van der Waals surface area (Å²) in [5.74, 6) is -0.362. The molecule has 0 aromatic carbocycles. The van der Waals surface area contributed by atoms with E-state index in [2.05, 4.69) is 13.8 Å². The summed E-state index contributed by atoms with van der Waals surface area (Å²) in [7, 11) is 0. The molecule has 0 aromatic heterocycles. The van der Waals surface area contributed by atoms with E-state index in [4.69, 9.17) is 20.9 Å². The highest BCUT2D eigenvalue weighted by molar-refractivity contribution is 5.76. The highest BCUT2D eigenvalue weighted by Gasteiger charge is 2.34. The molecule has 0 spiro atoms. The Morgan fingerprint density at radius 2 is 0.938 bits per heavy atom. The number of carbonyl (C=O) groups excluding carboxylic acids is 2. The van der Waals surface area contributed by atoms with Crippen molar-refractivity contribution in [1.82, 2.24) is 0 Å². The predicted octanol–water partition coefficient (Wildman–Crippen LogP) is 5.25. The Hall–Kier alpha value is -1.14. The molecule has 0 radical (unpaired) electrons. The van der Waals surface area contributed by atoms with Crippen molar-refractivity contribution in [3.8, 4) is 0 Å². The lowest BCUT2D eigenvalue weighted by molar-refractivity contribution is -0.149. The first kappa shape index (κ1) is 28.9. The molecule has 6 heteroatoms. The third kappa shape index (κ3) is 12.2. The van der Waals surface area contributed by atoms with Gasteiger partial charge in [0.1, 0.15) is 12.1 Å². The van der Waals surface area contributed by atoms with E-state index in [0.717, 1.165) is 51.4 Å². The molecule has 0 aromatic rings. The van der Waals surface area contributed by atoms with Crippen LogP contribution in [-0.2, 0) is 19.1 Å². The highest BCUT2D eigenvalue weighted by atomic mass is 16.5. The van der Waals surface area contributed by atoms with Crippen LogP contribution in [0.2, 0.25) is 0 Å². The van der Waals surface area contributed by atoms with Crippen LogP contribution < -0.4 is 11.5 Å². The second-order valence-corrected chi connectivity index (χ2v) is 9.60. The molecule has 0 amide bonds. The maximum Gasteiger partial charge on any atom is 0.323 e. The van der Waals surface area contributed by atoms with Gasteiger partial charge in [0.25, 0.3) is 0 Å². The van der Waals surface area contributed by atoms with Gasteiger partial charge in [0.2, 0.25) is 0 Å². The standard InChI is InChI=1S/C26H50N2O4/c1-3-5-7-9-11-13-19-31-25(29)23(27)21-15-17-22(18-16-21)24(28)26(30)32-20-14-12-10-8-6-4-2/h21-24H,3-20,27-28H2,1-2H3. The number of rotatable bonds is 18. The molecular weight excluding hydrogens is 404 g/mol. The first-order valence-electron chi connectivity index (χ1n) is 13.4. The van der Waals surface area contributed by atoms with Crippen molar-refractivity contribution in [2.75, 3.05) is 13.2 Å². The zero-order valence-electron chi connectivity index (χ0n) is 20.8. The fourth-order valence-electron chi connectivity index (χ4n) is 4.55. The van der Waals surface area contributed by atoms with E-state index in [9.17, 15) is 9.59 Å². The smallest absolute Gasteiger partial charge is 0.323 e. The van der Waals surface area contributed by atoms with E-state index < -0.39 is 12.1 Å². The summed E-state index contributed by atoms with van der Waals surface area (Å²) in [6, 6.07) is -1.15. The Morgan fingerprint density at radius 3 is 1.28 bits per heavy atom. The quantitative estimate of drug-likeness (QED) is 0.216. The van der Waals surface area contributed by atoms with E-state index in [1.165, 1.54) is 51.4 Å². The maximum atomic E-state index is 12.3. The number of esters is 2. The molecule has 0 aliphatic heterocycles. The molecule has 188 valence electrons. The second-order valence-electron chi connectivity index (χ2n) is 9.60. The molecule has 6 nitrogen and oxygen atoms in total. The van der Waals surface area contributed by atoms with E-state index in [1.54, 1.807) is 0 Å². The van der Waals surface area contributed by atoms with Gasteiger partial charge in [-0.05, 0) is 50.4 Å². The van der Waals surface area contributed by atoms with Crippen molar-refractivity contribution in [2.24, 2.45) is 23.3 Å². The van der Waals surface area contributed by atoms with Crippen molar-refractivity contribution in [3.63, 3.8) is 0 Å². The zero-order valence-corrected chi connectivity index (χ0v) is 20.8. The summed E-state index contributed by atoms with van der Waals surface area (Å²) >= 11 is 0. The first-order valence-corrected chi connectivity index (χ1v) is 13.4. The molecule has 1 saturated carbocycles. The molecule has 1 aliphatic carbocycles. The molecule has 32 heavy (non-hydrogen) atoms. The minimum absolute atomic E-state index is 0.106. The van der Waals surface area contributed by atoms with Gasteiger partial charge in [0.15, 0.2) is 0 Å². The monoisotopic (exact) mass is 454 g/mol. The van der Waals surface area contributed by atoms with Gasteiger partial charge in [-0.2, -0.15) is 0 Å². The van der Waals surface area contributed by atoms with Crippen LogP contribution in [-0.4, -0.2) is 37.2 Å². The summed E-state index contributed by atoms with van der Waals surface area (Å²) in [5, 5.41) is 0. The predicted molar refractivity (Wildman–Crippen MR) is 130 cm³/mol. The molecule has 0 bridgehead atoms. The lowest BCUT2D eigenvalue weighted by Gasteiger charge is -2.33. The Kier molecular flexibility index (Phi) is 16.5. The van der Waals surface area contributed by atoms with Gasteiger partial charge in [0, 0.05) is 0 Å². The minimum atomic E-state index is -0.577. The van der Waals surface area contributed by atoms with Gasteiger partial charge >= 0.3 is 11.9 Å². The Labute approximate surface area is 196 Å². The number of unbranched alkanes of at least 4 members (excludes halogenated alkanes) is 10. The minimum Gasteiger partial charge on any atom is -0.465 e. The molecule has 1 rings (SSSR count). The third-order valence-electron chi connectivity index (χ3n) is 6.86. The second kappa shape index (κ2) is 18.3. The lowest BCUT2D eigenvalue weighted by Crippen LogP contribution is -2.45. The number of ether oxygens (including phenoxy) is 2. The Morgan fingerprint density at radius 1 is 0.625 bits per heavy atom. The van der Waals surface area contributed by atoms with Crippen molar-refractivity contribution in [3.05, 3.63) is 0 Å². The van der Waals surface area contributed by atoms with Gasteiger partial charge in [-0.15, -0.1) is 0 Å². The molecule has 2 unspecified atom stereocenters. The zero-order chi connectivity index (χ0) is 23.6. The SMILES string of the molecule is CCCCCCCCOC(=O)C(N)C1CCC(C(N)C(=O)OCCCCCCCC)CC1. The van der Waals surface area contributed by atoms with Crippen molar-refractivity contribution in [2.45, 2.75) is 129 Å². The number of nitrogens with two attached hydrogens (primary N) is 2. The molecule has 0 heterocycles. The van der Waals surface area contributed by atoms with Gasteiger partial charge in [-0.25, -0.2) is 0 Å². The summed E-state index contributed by atoms with van der Waals surface area (Å²) in [5.41, 5.74) is 12.4. The van der Waals surface area contributed by atoms with Crippen molar-refractivity contribution < 1.29 is 19.1 Å². The van der Waals surface area contributed by atoms with Crippen LogP contribution in [0.3, 0.4) is 0 Å². The third-order valence-corrected chi connectivity index (χ3v) is 6.86. The first-order chi connectivity index (χ1) is 15.5. The molecule has 2 atom stereocenters. The average molecular weight is 455 g/mol. The molecule has 4 N–H and O–H groups in total. The van der Waals surface area contributed by atoms with Gasteiger partial charge < -0.3 is 20.9 Å². The van der Waals surface area contributed by atoms with E-state index in [1.807, 2.05) is 0 Å². The van der Waals surface area contributed by atoms with Crippen LogP contribution in [0.5, 0.6) is 0 Å². The molecule has 0 saturated heterocycles. The van der Waals surface area contributed by atoms with Gasteiger partial charge in [-0.1, -0.05) is 78.1 Å². The average Bonchev–Trinajstić information content (AvgIpc) is 2.81. The number of hydrogen-bond acceptors (Lipinski definition) is 6. The van der Waals surface area contributed by atoms with Gasteiger partial charge in [0.05, 0.1) is 13.2 Å². The van der Waals surface area contributed by atoms with Crippen LogP contribution in [0.25, 0.3) is 0 Å². The Balaban J connectivity index is 2.17. The molecule has 1 fully saturated rings. The van der Waals surface area contributed by atoms with E-state index >= 15 is 0 Å². The summed E-state index contributed by atoms with van der Waals surface area (Å²) < 4.78 is 10.8. The van der Waals surface area contributed by atoms with Crippen molar-refractivity contribution >= 4 is 11.9 Å². The van der Waals surface area contributed by atoms with Gasteiger partial charge in [-0.3, -0.25) is 9.59 Å². The topological polar surface area (TPSA) is 105 Å². The summed E-state index contributed by atoms with van der Waals surface area (Å²) in [6.07, 6.45) is 17.1. The molecular formula is C26H50N2O4. The normalized spacial score (nSPS) is 20.5. The van der Waals surface area contributed by atoms with E-state index in [0.29, 0.717) is 13.2 Å². The van der Waals surface area contributed by atoms with Crippen LogP contribution in [0.1, 0.15) is 117 Å². The lowest BCUT2D eigenvalue weighted by atomic mass is 9.76. The maximum absolute atomic E-state index is 12.3. The fraction of sp³-hybridized carbons (Fsp3) is 0.923. The number of carbonyl (C=O) groups is 2. The highest BCUT2D eigenvalue weighted by Crippen LogP contribution is 2.32. The van der Waals surface area contributed by atoms with Crippen LogP contribution >= 0.6 is 0 Å². The fourth-order valence-corrected chi connectivity index (χ4v) is 4.55. The number of hydrogen-bond donors (Lipinski definition) is 2. The Bertz CT molecular complexity index is 448. The summed E-state index contributed by atoms with van der Waals surface area (Å²) in [4.78, 5) is 24.6.